The molecule has 0 saturated carbocycles. The lowest BCUT2D eigenvalue weighted by Crippen LogP contribution is -2.18. The number of rotatable bonds is 6. The standard InChI is InChI=1S/C7H14NO2P/c1-4-6-8(7-5-2)11(9)10-3/h4-5,9H,1-2,6-7H2,3H3. The van der Waals surface area contributed by atoms with Gasteiger partial charge in [-0.1, -0.05) is 12.2 Å². The Hall–Kier alpha value is -0.210. The van der Waals surface area contributed by atoms with Gasteiger partial charge in [0.1, 0.15) is 0 Å². The predicted molar refractivity (Wildman–Crippen MR) is 48.1 cm³/mol. The molecule has 0 bridgehead atoms. The molecular formula is C7H14NO2P. The molecule has 0 aromatic rings. The van der Waals surface area contributed by atoms with Crippen molar-refractivity contribution in [1.29, 1.82) is 0 Å². The van der Waals surface area contributed by atoms with E-state index in [9.17, 15) is 4.89 Å². The fourth-order valence-electron chi connectivity index (χ4n) is 0.628. The van der Waals surface area contributed by atoms with E-state index in [0.29, 0.717) is 13.1 Å². The Kier molecular flexibility index (Phi) is 6.37. The molecule has 1 atom stereocenters. The summed E-state index contributed by atoms with van der Waals surface area (Å²) < 4.78 is 6.51. The minimum atomic E-state index is -1.46. The van der Waals surface area contributed by atoms with Gasteiger partial charge < -0.3 is 9.42 Å². The van der Waals surface area contributed by atoms with E-state index in [1.165, 1.54) is 7.11 Å². The highest BCUT2D eigenvalue weighted by molar-refractivity contribution is 7.43. The lowest BCUT2D eigenvalue weighted by atomic mass is 10.5. The van der Waals surface area contributed by atoms with Crippen LogP contribution in [-0.2, 0) is 4.52 Å². The summed E-state index contributed by atoms with van der Waals surface area (Å²) in [4.78, 5) is 9.25. The summed E-state index contributed by atoms with van der Waals surface area (Å²) in [5.74, 6) is 0. The van der Waals surface area contributed by atoms with Crippen molar-refractivity contribution in [2.24, 2.45) is 0 Å². The number of nitrogens with zero attached hydrogens (tertiary/aromatic N) is 1. The summed E-state index contributed by atoms with van der Waals surface area (Å²) in [6, 6.07) is 0. The summed E-state index contributed by atoms with van der Waals surface area (Å²) in [7, 11) is 0.0143. The Morgan fingerprint density at radius 2 is 1.91 bits per heavy atom. The maximum Gasteiger partial charge on any atom is 0.256 e. The van der Waals surface area contributed by atoms with Crippen molar-refractivity contribution in [2.75, 3.05) is 20.2 Å². The molecular weight excluding hydrogens is 161 g/mol. The molecule has 3 nitrogen and oxygen atoms in total. The van der Waals surface area contributed by atoms with Gasteiger partial charge in [-0.15, -0.1) is 13.2 Å². The monoisotopic (exact) mass is 175 g/mol. The second-order valence-corrected chi connectivity index (χ2v) is 3.32. The zero-order valence-corrected chi connectivity index (χ0v) is 7.63. The molecule has 0 spiro atoms. The number of hydrogen-bond acceptors (Lipinski definition) is 3. The molecule has 0 fully saturated rings. The van der Waals surface area contributed by atoms with Gasteiger partial charge in [0.15, 0.2) is 0 Å². The third kappa shape index (κ3) is 4.27. The summed E-state index contributed by atoms with van der Waals surface area (Å²) >= 11 is 0. The number of hydrogen-bond donors (Lipinski definition) is 1. The van der Waals surface area contributed by atoms with E-state index in [2.05, 4.69) is 13.2 Å². The van der Waals surface area contributed by atoms with Crippen molar-refractivity contribution >= 4 is 8.53 Å². The Balaban J connectivity index is 3.84. The van der Waals surface area contributed by atoms with E-state index in [1.54, 1.807) is 16.8 Å². The first-order valence-corrected chi connectivity index (χ1v) is 4.42. The minimum Gasteiger partial charge on any atom is -0.338 e. The highest BCUT2D eigenvalue weighted by Crippen LogP contribution is 2.34. The zero-order chi connectivity index (χ0) is 8.69. The van der Waals surface area contributed by atoms with Crippen LogP contribution in [0.25, 0.3) is 0 Å². The first kappa shape index (κ1) is 10.8. The SMILES string of the molecule is C=CCN(CC=C)P(O)OC. The molecule has 0 aliphatic heterocycles. The minimum absolute atomic E-state index is 0.613. The fraction of sp³-hybridized carbons (Fsp3) is 0.429. The quantitative estimate of drug-likeness (QED) is 0.490. The Morgan fingerprint density at radius 3 is 2.18 bits per heavy atom. The van der Waals surface area contributed by atoms with E-state index in [4.69, 9.17) is 4.52 Å². The van der Waals surface area contributed by atoms with Crippen molar-refractivity contribution in [3.05, 3.63) is 25.3 Å². The van der Waals surface area contributed by atoms with Gasteiger partial charge >= 0.3 is 0 Å². The highest BCUT2D eigenvalue weighted by Gasteiger charge is 2.12. The smallest absolute Gasteiger partial charge is 0.256 e. The molecule has 0 amide bonds. The van der Waals surface area contributed by atoms with E-state index < -0.39 is 8.53 Å². The van der Waals surface area contributed by atoms with Crippen LogP contribution in [0.3, 0.4) is 0 Å². The molecule has 1 unspecified atom stereocenters. The molecule has 0 saturated heterocycles. The van der Waals surface area contributed by atoms with Gasteiger partial charge in [-0.05, 0) is 0 Å². The average Bonchev–Trinajstić information content (AvgIpc) is 2.03. The maximum absolute atomic E-state index is 9.25. The van der Waals surface area contributed by atoms with Crippen molar-refractivity contribution < 1.29 is 9.42 Å². The molecule has 0 rings (SSSR count). The Bertz CT molecular complexity index is 120. The molecule has 64 valence electrons. The van der Waals surface area contributed by atoms with Gasteiger partial charge in [0.05, 0.1) is 0 Å². The van der Waals surface area contributed by atoms with Crippen LogP contribution in [-0.4, -0.2) is 29.8 Å². The largest absolute Gasteiger partial charge is 0.338 e. The Morgan fingerprint density at radius 1 is 1.45 bits per heavy atom. The van der Waals surface area contributed by atoms with E-state index in [-0.39, 0.29) is 0 Å². The molecule has 0 radical (unpaired) electrons. The first-order valence-electron chi connectivity index (χ1n) is 3.26. The van der Waals surface area contributed by atoms with Gasteiger partial charge in [0.25, 0.3) is 8.53 Å². The lowest BCUT2D eigenvalue weighted by Gasteiger charge is -2.21. The topological polar surface area (TPSA) is 32.7 Å². The summed E-state index contributed by atoms with van der Waals surface area (Å²) in [6.07, 6.45) is 3.43. The second-order valence-electron chi connectivity index (χ2n) is 1.88. The highest BCUT2D eigenvalue weighted by atomic mass is 31.2. The average molecular weight is 175 g/mol. The molecule has 4 heteroatoms. The van der Waals surface area contributed by atoms with Crippen LogP contribution in [0, 0.1) is 0 Å². The zero-order valence-electron chi connectivity index (χ0n) is 6.73. The van der Waals surface area contributed by atoms with Crippen LogP contribution in [0.1, 0.15) is 0 Å². The summed E-state index contributed by atoms with van der Waals surface area (Å²) in [6.45, 7) is 8.36. The lowest BCUT2D eigenvalue weighted by molar-refractivity contribution is 0.323. The predicted octanol–water partition coefficient (Wildman–Crippen LogP) is 1.53. The van der Waals surface area contributed by atoms with E-state index in [1.807, 2.05) is 0 Å². The van der Waals surface area contributed by atoms with Gasteiger partial charge in [-0.25, -0.2) is 4.67 Å². The van der Waals surface area contributed by atoms with Crippen molar-refractivity contribution in [3.8, 4) is 0 Å². The normalized spacial score (nSPS) is 13.0. The third-order valence-electron chi connectivity index (χ3n) is 1.08. The van der Waals surface area contributed by atoms with Crippen molar-refractivity contribution in [3.63, 3.8) is 0 Å². The second kappa shape index (κ2) is 6.50. The molecule has 11 heavy (non-hydrogen) atoms. The van der Waals surface area contributed by atoms with Crippen LogP contribution in [0.4, 0.5) is 0 Å². The third-order valence-corrected chi connectivity index (χ3v) is 2.22. The van der Waals surface area contributed by atoms with Crippen LogP contribution >= 0.6 is 8.53 Å². The van der Waals surface area contributed by atoms with Crippen molar-refractivity contribution in [1.82, 2.24) is 4.67 Å². The fourth-order valence-corrected chi connectivity index (χ4v) is 1.37. The van der Waals surface area contributed by atoms with Gasteiger partial charge in [-0.3, -0.25) is 0 Å². The maximum atomic E-state index is 9.25. The van der Waals surface area contributed by atoms with Gasteiger partial charge in [-0.2, -0.15) is 0 Å². The van der Waals surface area contributed by atoms with E-state index in [0.717, 1.165) is 0 Å². The van der Waals surface area contributed by atoms with Crippen LogP contribution in [0.5, 0.6) is 0 Å². The summed E-state index contributed by atoms with van der Waals surface area (Å²) in [5.41, 5.74) is 0. The first-order chi connectivity index (χ1) is 5.26. The van der Waals surface area contributed by atoms with Crippen LogP contribution in [0.2, 0.25) is 0 Å². The summed E-state index contributed by atoms with van der Waals surface area (Å²) in [5, 5.41) is 0. The van der Waals surface area contributed by atoms with Crippen LogP contribution < -0.4 is 0 Å². The molecule has 0 aromatic heterocycles. The molecule has 1 N–H and O–H groups in total. The Labute approximate surface area is 68.9 Å². The van der Waals surface area contributed by atoms with E-state index >= 15 is 0 Å². The molecule has 0 aromatic carbocycles. The van der Waals surface area contributed by atoms with Crippen LogP contribution in [0.15, 0.2) is 25.3 Å². The van der Waals surface area contributed by atoms with Gasteiger partial charge in [0.2, 0.25) is 0 Å². The molecule has 0 aliphatic rings. The molecule has 0 heterocycles. The van der Waals surface area contributed by atoms with Crippen molar-refractivity contribution in [2.45, 2.75) is 0 Å². The van der Waals surface area contributed by atoms with Gasteiger partial charge in [0, 0.05) is 20.2 Å². The molecule has 0 aliphatic carbocycles.